The van der Waals surface area contributed by atoms with E-state index in [4.69, 9.17) is 5.73 Å². The Morgan fingerprint density at radius 3 is 2.86 bits per heavy atom. The molecule has 0 aromatic rings. The zero-order valence-electron chi connectivity index (χ0n) is 12.9. The molecule has 1 unspecified atom stereocenters. The normalized spacial score (nSPS) is 19.2. The summed E-state index contributed by atoms with van der Waals surface area (Å²) in [5.74, 6) is 0.547. The first kappa shape index (κ1) is 17.3. The van der Waals surface area contributed by atoms with Gasteiger partial charge in [0.05, 0.1) is 20.1 Å². The SMILES string of the molecule is CCNC(=NCCC(=O)OC)N1CCCC(CC(N)=O)C1. The van der Waals surface area contributed by atoms with Gasteiger partial charge in [0.15, 0.2) is 5.96 Å². The minimum absolute atomic E-state index is 0.255. The molecule has 0 saturated carbocycles. The highest BCUT2D eigenvalue weighted by atomic mass is 16.5. The highest BCUT2D eigenvalue weighted by Gasteiger charge is 2.23. The number of amides is 1. The molecule has 0 radical (unpaired) electrons. The maximum Gasteiger partial charge on any atom is 0.307 e. The molecule has 0 bridgehead atoms. The second-order valence-electron chi connectivity index (χ2n) is 5.19. The number of ether oxygens (including phenoxy) is 1. The molecule has 7 heteroatoms. The molecule has 21 heavy (non-hydrogen) atoms. The zero-order valence-corrected chi connectivity index (χ0v) is 12.9. The van der Waals surface area contributed by atoms with Gasteiger partial charge in [-0.05, 0) is 25.7 Å². The number of hydrogen-bond donors (Lipinski definition) is 2. The van der Waals surface area contributed by atoms with Gasteiger partial charge in [-0.3, -0.25) is 14.6 Å². The maximum atomic E-state index is 11.1. The predicted octanol–water partition coefficient (Wildman–Crippen LogP) is 0.102. The molecule has 1 aliphatic heterocycles. The van der Waals surface area contributed by atoms with E-state index in [1.807, 2.05) is 6.92 Å². The van der Waals surface area contributed by atoms with Gasteiger partial charge in [0.1, 0.15) is 0 Å². The van der Waals surface area contributed by atoms with Crippen LogP contribution in [0, 0.1) is 5.92 Å². The third kappa shape index (κ3) is 6.46. The van der Waals surface area contributed by atoms with Crippen molar-refractivity contribution < 1.29 is 14.3 Å². The second-order valence-corrected chi connectivity index (χ2v) is 5.19. The van der Waals surface area contributed by atoms with Gasteiger partial charge >= 0.3 is 5.97 Å². The molecule has 1 amide bonds. The van der Waals surface area contributed by atoms with Gasteiger partial charge in [-0.15, -0.1) is 0 Å². The number of aliphatic imine (C=N–C) groups is 1. The van der Waals surface area contributed by atoms with Crippen LogP contribution in [0.15, 0.2) is 4.99 Å². The lowest BCUT2D eigenvalue weighted by Crippen LogP contribution is -2.47. The van der Waals surface area contributed by atoms with Crippen molar-refractivity contribution in [3.63, 3.8) is 0 Å². The molecule has 1 saturated heterocycles. The van der Waals surface area contributed by atoms with Crippen LogP contribution in [0.5, 0.6) is 0 Å². The molecule has 1 rings (SSSR count). The number of nitrogens with one attached hydrogen (secondary N) is 1. The van der Waals surface area contributed by atoms with E-state index in [9.17, 15) is 9.59 Å². The van der Waals surface area contributed by atoms with Crippen LogP contribution in [0.3, 0.4) is 0 Å². The van der Waals surface area contributed by atoms with Gasteiger partial charge in [-0.25, -0.2) is 0 Å². The van der Waals surface area contributed by atoms with Crippen molar-refractivity contribution in [1.82, 2.24) is 10.2 Å². The van der Waals surface area contributed by atoms with Gasteiger partial charge in [-0.1, -0.05) is 0 Å². The monoisotopic (exact) mass is 298 g/mol. The Morgan fingerprint density at radius 2 is 2.24 bits per heavy atom. The summed E-state index contributed by atoms with van der Waals surface area (Å²) in [6.45, 7) is 4.83. The molecule has 0 spiro atoms. The number of primary amides is 1. The molecule has 1 fully saturated rings. The molecule has 0 aliphatic carbocycles. The van der Waals surface area contributed by atoms with Crippen LogP contribution < -0.4 is 11.1 Å². The van der Waals surface area contributed by atoms with E-state index in [2.05, 4.69) is 19.9 Å². The quantitative estimate of drug-likeness (QED) is 0.412. The third-order valence-corrected chi connectivity index (χ3v) is 3.45. The molecule has 0 aromatic heterocycles. The molecular formula is C14H26N4O3. The number of hydrogen-bond acceptors (Lipinski definition) is 4. The Balaban J connectivity index is 2.59. The number of nitrogens with two attached hydrogens (primary N) is 1. The highest BCUT2D eigenvalue weighted by Crippen LogP contribution is 2.19. The largest absolute Gasteiger partial charge is 0.469 e. The van der Waals surface area contributed by atoms with Crippen LogP contribution >= 0.6 is 0 Å². The Labute approximate surface area is 125 Å². The van der Waals surface area contributed by atoms with Crippen molar-refractivity contribution in [2.24, 2.45) is 16.6 Å². The number of nitrogens with zero attached hydrogens (tertiary/aromatic N) is 2. The first-order valence-electron chi connectivity index (χ1n) is 7.45. The number of likely N-dealkylation sites (tertiary alicyclic amines) is 1. The minimum atomic E-state index is -0.264. The summed E-state index contributed by atoms with van der Waals surface area (Å²) >= 11 is 0. The average molecular weight is 298 g/mol. The lowest BCUT2D eigenvalue weighted by atomic mass is 9.95. The van der Waals surface area contributed by atoms with Crippen molar-refractivity contribution >= 4 is 17.8 Å². The van der Waals surface area contributed by atoms with Crippen LogP contribution in [0.1, 0.15) is 32.6 Å². The minimum Gasteiger partial charge on any atom is -0.469 e. The Kier molecular flexibility index (Phi) is 7.56. The Morgan fingerprint density at radius 1 is 1.48 bits per heavy atom. The first-order valence-corrected chi connectivity index (χ1v) is 7.45. The Bertz CT molecular complexity index is 384. The summed E-state index contributed by atoms with van der Waals surface area (Å²) < 4.78 is 4.60. The summed E-state index contributed by atoms with van der Waals surface area (Å²) in [6.07, 6.45) is 2.71. The lowest BCUT2D eigenvalue weighted by molar-refractivity contribution is -0.140. The van der Waals surface area contributed by atoms with E-state index < -0.39 is 0 Å². The molecule has 1 atom stereocenters. The van der Waals surface area contributed by atoms with E-state index in [-0.39, 0.29) is 24.2 Å². The number of piperidine rings is 1. The van der Waals surface area contributed by atoms with Crippen molar-refractivity contribution in [3.05, 3.63) is 0 Å². The van der Waals surface area contributed by atoms with Crippen LogP contribution in [0.2, 0.25) is 0 Å². The molecule has 0 aromatic carbocycles. The molecule has 120 valence electrons. The van der Waals surface area contributed by atoms with Crippen molar-refractivity contribution in [1.29, 1.82) is 0 Å². The molecular weight excluding hydrogens is 272 g/mol. The van der Waals surface area contributed by atoms with Crippen LogP contribution in [-0.4, -0.2) is 56.0 Å². The summed E-state index contributed by atoms with van der Waals surface area (Å²) in [5, 5.41) is 3.23. The number of carbonyl (C=O) groups is 2. The van der Waals surface area contributed by atoms with Crippen molar-refractivity contribution in [3.8, 4) is 0 Å². The van der Waals surface area contributed by atoms with Gasteiger partial charge in [0.25, 0.3) is 0 Å². The fraction of sp³-hybridized carbons (Fsp3) is 0.786. The maximum absolute atomic E-state index is 11.1. The predicted molar refractivity (Wildman–Crippen MR) is 80.7 cm³/mol. The van der Waals surface area contributed by atoms with Gasteiger partial charge in [0, 0.05) is 26.1 Å². The van der Waals surface area contributed by atoms with Crippen LogP contribution in [-0.2, 0) is 14.3 Å². The van der Waals surface area contributed by atoms with E-state index in [1.165, 1.54) is 7.11 Å². The second kappa shape index (κ2) is 9.20. The van der Waals surface area contributed by atoms with Gasteiger partial charge in [0.2, 0.25) is 5.91 Å². The van der Waals surface area contributed by atoms with Gasteiger partial charge < -0.3 is 20.7 Å². The average Bonchev–Trinajstić information content (AvgIpc) is 2.45. The topological polar surface area (TPSA) is 97.0 Å². The van der Waals surface area contributed by atoms with Gasteiger partial charge in [-0.2, -0.15) is 0 Å². The molecule has 3 N–H and O–H groups in total. The summed E-state index contributed by atoms with van der Waals surface area (Å²) in [5.41, 5.74) is 5.28. The highest BCUT2D eigenvalue weighted by molar-refractivity contribution is 5.80. The van der Waals surface area contributed by atoms with E-state index in [0.29, 0.717) is 13.0 Å². The third-order valence-electron chi connectivity index (χ3n) is 3.45. The fourth-order valence-electron chi connectivity index (χ4n) is 2.49. The number of methoxy groups -OCH3 is 1. The number of guanidine groups is 1. The number of carbonyl (C=O) groups excluding carboxylic acids is 2. The Hall–Kier alpha value is -1.79. The number of rotatable bonds is 6. The standard InChI is InChI=1S/C14H26N4O3/c1-3-16-14(17-7-6-13(20)21-2)18-8-4-5-11(10-18)9-12(15)19/h11H,3-10H2,1-2H3,(H2,15,19)(H,16,17). The summed E-state index contributed by atoms with van der Waals surface area (Å²) in [4.78, 5) is 28.8. The smallest absolute Gasteiger partial charge is 0.307 e. The van der Waals surface area contributed by atoms with E-state index >= 15 is 0 Å². The fourth-order valence-corrected chi connectivity index (χ4v) is 2.49. The molecule has 1 heterocycles. The van der Waals surface area contributed by atoms with Crippen molar-refractivity contribution in [2.45, 2.75) is 32.6 Å². The zero-order chi connectivity index (χ0) is 15.7. The number of esters is 1. The first-order chi connectivity index (χ1) is 10.1. The van der Waals surface area contributed by atoms with Crippen LogP contribution in [0.25, 0.3) is 0 Å². The molecule has 1 aliphatic rings. The van der Waals surface area contributed by atoms with Crippen LogP contribution in [0.4, 0.5) is 0 Å². The summed E-state index contributed by atoms with van der Waals surface area (Å²) in [7, 11) is 1.37. The van der Waals surface area contributed by atoms with E-state index in [1.54, 1.807) is 0 Å². The lowest BCUT2D eigenvalue weighted by Gasteiger charge is -2.34. The summed E-state index contributed by atoms with van der Waals surface area (Å²) in [6, 6.07) is 0. The van der Waals surface area contributed by atoms with Crippen molar-refractivity contribution in [2.75, 3.05) is 33.3 Å². The molecule has 7 nitrogen and oxygen atoms in total. The van der Waals surface area contributed by atoms with E-state index in [0.717, 1.165) is 38.4 Å².